The summed E-state index contributed by atoms with van der Waals surface area (Å²) in [6.07, 6.45) is 4.61. The van der Waals surface area contributed by atoms with Gasteiger partial charge in [-0.2, -0.15) is 0 Å². The summed E-state index contributed by atoms with van der Waals surface area (Å²) in [5.74, 6) is 0. The zero-order valence-corrected chi connectivity index (χ0v) is 13.3. The molecule has 0 radical (unpaired) electrons. The molecular weight excluding hydrogens is 252 g/mol. The Morgan fingerprint density at radius 2 is 1.33 bits per heavy atom. The van der Waals surface area contributed by atoms with Crippen LogP contribution in [0, 0.1) is 0 Å². The van der Waals surface area contributed by atoms with E-state index < -0.39 is 0 Å². The van der Waals surface area contributed by atoms with Gasteiger partial charge in [-0.1, -0.05) is 88.4 Å². The first-order valence-corrected chi connectivity index (χ1v) is 7.81. The van der Waals surface area contributed by atoms with Gasteiger partial charge in [0, 0.05) is 5.41 Å². The molecule has 0 unspecified atom stereocenters. The molecule has 0 spiro atoms. The average Bonchev–Trinajstić information content (AvgIpc) is 2.64. The average molecular weight is 274 g/mol. The summed E-state index contributed by atoms with van der Waals surface area (Å²) in [4.78, 5) is 0. The molecule has 1 aliphatic carbocycles. The van der Waals surface area contributed by atoms with Crippen LogP contribution in [0.5, 0.6) is 0 Å². The van der Waals surface area contributed by atoms with Gasteiger partial charge in [0.25, 0.3) is 0 Å². The summed E-state index contributed by atoms with van der Waals surface area (Å²) in [5, 5.41) is 5.50. The van der Waals surface area contributed by atoms with Crippen LogP contribution in [0.3, 0.4) is 0 Å². The minimum absolute atomic E-state index is 0.0762. The van der Waals surface area contributed by atoms with E-state index in [2.05, 4.69) is 74.5 Å². The van der Waals surface area contributed by atoms with Crippen LogP contribution in [-0.4, -0.2) is 0 Å². The summed E-state index contributed by atoms with van der Waals surface area (Å²) >= 11 is 0. The van der Waals surface area contributed by atoms with Crippen LogP contribution in [-0.2, 0) is 5.41 Å². The van der Waals surface area contributed by atoms with Crippen molar-refractivity contribution in [2.24, 2.45) is 0 Å². The molecule has 1 aliphatic rings. The Morgan fingerprint density at radius 1 is 0.714 bits per heavy atom. The van der Waals surface area contributed by atoms with Crippen molar-refractivity contribution in [2.75, 3.05) is 0 Å². The van der Waals surface area contributed by atoms with Gasteiger partial charge in [-0.25, -0.2) is 0 Å². The van der Waals surface area contributed by atoms with E-state index in [1.165, 1.54) is 32.7 Å². The quantitative estimate of drug-likeness (QED) is 0.420. The standard InChI is InChI=1S/C19H16.C2H6/c1-19(2)12-11-15-6-3-5-13-9-10-14-7-4-8-16(19)18(14)17(13)15;1-2/h3-12H,1-2H3;1-2H3. The smallest absolute Gasteiger partial charge is 0.00850 e. The molecule has 0 fully saturated rings. The molecule has 0 saturated heterocycles. The second kappa shape index (κ2) is 5.04. The molecule has 0 amide bonds. The third-order valence-corrected chi connectivity index (χ3v) is 4.29. The Labute approximate surface area is 127 Å². The van der Waals surface area contributed by atoms with Gasteiger partial charge in [-0.3, -0.25) is 0 Å². The maximum atomic E-state index is 2.33. The third-order valence-electron chi connectivity index (χ3n) is 4.29. The fraction of sp³-hybridized carbons (Fsp3) is 0.238. The van der Waals surface area contributed by atoms with Gasteiger partial charge in [0.15, 0.2) is 0 Å². The maximum Gasteiger partial charge on any atom is 0.00850 e. The zero-order chi connectivity index (χ0) is 15.0. The molecule has 3 aromatic rings. The van der Waals surface area contributed by atoms with Crippen molar-refractivity contribution in [3.63, 3.8) is 0 Å². The molecule has 0 bridgehead atoms. The van der Waals surface area contributed by atoms with Gasteiger partial charge in [0.2, 0.25) is 0 Å². The molecular formula is C21H22. The molecule has 3 aromatic carbocycles. The molecule has 0 atom stereocenters. The second-order valence-electron chi connectivity index (χ2n) is 5.97. The minimum Gasteiger partial charge on any atom is -0.0738 e. The lowest BCUT2D eigenvalue weighted by Crippen LogP contribution is -2.13. The Bertz CT molecular complexity index is 835. The molecule has 106 valence electrons. The highest BCUT2D eigenvalue weighted by molar-refractivity contribution is 6.13. The van der Waals surface area contributed by atoms with Crippen molar-refractivity contribution >= 4 is 27.6 Å². The molecule has 0 N–H and O–H groups in total. The fourth-order valence-corrected chi connectivity index (χ4v) is 3.25. The van der Waals surface area contributed by atoms with Crippen LogP contribution in [0.2, 0.25) is 0 Å². The zero-order valence-electron chi connectivity index (χ0n) is 13.3. The number of hydrogen-bond donors (Lipinski definition) is 0. The lowest BCUT2D eigenvalue weighted by molar-refractivity contribution is 0.681. The first-order valence-electron chi connectivity index (χ1n) is 7.81. The number of hydrogen-bond acceptors (Lipinski definition) is 0. The first-order chi connectivity index (χ1) is 10.2. The summed E-state index contributed by atoms with van der Waals surface area (Å²) in [7, 11) is 0. The number of benzene rings is 3. The Balaban J connectivity index is 0.000000636. The molecule has 0 heterocycles. The Kier molecular flexibility index (Phi) is 3.33. The van der Waals surface area contributed by atoms with Gasteiger partial charge < -0.3 is 0 Å². The summed E-state index contributed by atoms with van der Waals surface area (Å²) in [6, 6.07) is 17.7. The molecule has 0 aliphatic heterocycles. The van der Waals surface area contributed by atoms with Gasteiger partial charge in [0.05, 0.1) is 0 Å². The molecule has 4 rings (SSSR count). The van der Waals surface area contributed by atoms with Crippen molar-refractivity contribution in [3.8, 4) is 0 Å². The van der Waals surface area contributed by atoms with Crippen LogP contribution in [0.1, 0.15) is 38.8 Å². The van der Waals surface area contributed by atoms with E-state index in [1.807, 2.05) is 13.8 Å². The van der Waals surface area contributed by atoms with Crippen LogP contribution < -0.4 is 0 Å². The van der Waals surface area contributed by atoms with E-state index >= 15 is 0 Å². The predicted molar refractivity (Wildman–Crippen MR) is 94.9 cm³/mol. The molecule has 0 aromatic heterocycles. The molecule has 21 heavy (non-hydrogen) atoms. The maximum absolute atomic E-state index is 2.33. The van der Waals surface area contributed by atoms with Gasteiger partial charge in [-0.15, -0.1) is 0 Å². The van der Waals surface area contributed by atoms with Gasteiger partial charge in [-0.05, 0) is 32.7 Å². The molecule has 0 saturated carbocycles. The second-order valence-corrected chi connectivity index (χ2v) is 5.97. The van der Waals surface area contributed by atoms with E-state index in [1.54, 1.807) is 0 Å². The van der Waals surface area contributed by atoms with Crippen LogP contribution >= 0.6 is 0 Å². The lowest BCUT2D eigenvalue weighted by Gasteiger charge is -2.22. The van der Waals surface area contributed by atoms with Crippen LogP contribution in [0.15, 0.2) is 54.6 Å². The molecule has 0 heteroatoms. The normalized spacial score (nSPS) is 14.9. The van der Waals surface area contributed by atoms with Crippen molar-refractivity contribution in [3.05, 3.63) is 65.7 Å². The Hall–Kier alpha value is -2.08. The van der Waals surface area contributed by atoms with E-state index in [-0.39, 0.29) is 5.41 Å². The van der Waals surface area contributed by atoms with Gasteiger partial charge >= 0.3 is 0 Å². The van der Waals surface area contributed by atoms with Crippen molar-refractivity contribution in [1.29, 1.82) is 0 Å². The highest BCUT2D eigenvalue weighted by atomic mass is 14.3. The van der Waals surface area contributed by atoms with Crippen molar-refractivity contribution in [1.82, 2.24) is 0 Å². The first kappa shape index (κ1) is 13.9. The molecule has 0 nitrogen and oxygen atoms in total. The lowest BCUT2D eigenvalue weighted by atomic mass is 9.82. The number of allylic oxidation sites excluding steroid dienone is 1. The summed E-state index contributed by atoms with van der Waals surface area (Å²) < 4.78 is 0. The monoisotopic (exact) mass is 274 g/mol. The highest BCUT2D eigenvalue weighted by Crippen LogP contribution is 2.40. The predicted octanol–water partition coefficient (Wildman–Crippen LogP) is 6.32. The topological polar surface area (TPSA) is 0 Å². The van der Waals surface area contributed by atoms with Gasteiger partial charge in [0.1, 0.15) is 0 Å². The van der Waals surface area contributed by atoms with E-state index in [0.717, 1.165) is 0 Å². The van der Waals surface area contributed by atoms with Crippen LogP contribution in [0.4, 0.5) is 0 Å². The summed E-state index contributed by atoms with van der Waals surface area (Å²) in [6.45, 7) is 8.59. The van der Waals surface area contributed by atoms with E-state index in [4.69, 9.17) is 0 Å². The number of rotatable bonds is 0. The van der Waals surface area contributed by atoms with E-state index in [0.29, 0.717) is 0 Å². The Morgan fingerprint density at radius 3 is 2.05 bits per heavy atom. The van der Waals surface area contributed by atoms with Crippen molar-refractivity contribution < 1.29 is 0 Å². The minimum atomic E-state index is 0.0762. The van der Waals surface area contributed by atoms with Crippen LogP contribution in [0.25, 0.3) is 27.6 Å². The largest absolute Gasteiger partial charge is 0.0738 e. The van der Waals surface area contributed by atoms with Crippen molar-refractivity contribution in [2.45, 2.75) is 33.1 Å². The highest BCUT2D eigenvalue weighted by Gasteiger charge is 2.23. The summed E-state index contributed by atoms with van der Waals surface area (Å²) in [5.41, 5.74) is 2.84. The van der Waals surface area contributed by atoms with E-state index in [9.17, 15) is 0 Å². The fourth-order valence-electron chi connectivity index (χ4n) is 3.25. The SMILES string of the molecule is CC.CC1(C)C=Cc2cccc3ccc4cccc1c4c23. The third kappa shape index (κ3) is 2.06.